The molecule has 8 nitrogen and oxygen atoms in total. The molecule has 8 heteroatoms. The fourth-order valence-corrected chi connectivity index (χ4v) is 8.74. The normalized spacial score (nSPS) is 13.1. The van der Waals surface area contributed by atoms with E-state index in [2.05, 4.69) is 18.8 Å². The number of para-hydroxylation sites is 2. The van der Waals surface area contributed by atoms with Gasteiger partial charge in [-0.1, -0.05) is 114 Å². The van der Waals surface area contributed by atoms with Crippen molar-refractivity contribution in [2.24, 2.45) is 0 Å². The first kappa shape index (κ1) is 33.2. The lowest BCUT2D eigenvalue weighted by atomic mass is 9.90. The smallest absolute Gasteiger partial charge is 0.263 e. The van der Waals surface area contributed by atoms with Gasteiger partial charge in [0, 0.05) is 50.4 Å². The average Bonchev–Trinajstić information content (AvgIpc) is 3.70. The molecule has 2 N–H and O–H groups in total. The monoisotopic (exact) mass is 682 g/mol. The summed E-state index contributed by atoms with van der Waals surface area (Å²) in [6, 6.07) is 15.2. The second kappa shape index (κ2) is 13.3. The molecular formula is C43H46N4O4. The number of H-pyrrole nitrogens is 1. The third-order valence-corrected chi connectivity index (χ3v) is 11.3. The summed E-state index contributed by atoms with van der Waals surface area (Å²) in [6.45, 7) is 6.70. The number of aromatic hydroxyl groups is 1. The highest BCUT2D eigenvalue weighted by Crippen LogP contribution is 2.47. The summed E-state index contributed by atoms with van der Waals surface area (Å²) < 4.78 is 2.95. The van der Waals surface area contributed by atoms with E-state index in [0.29, 0.717) is 72.6 Å². The maximum Gasteiger partial charge on any atom is 0.263 e. The first-order valence-electron chi connectivity index (χ1n) is 19.1. The number of hydrogen-bond acceptors (Lipinski definition) is 5. The van der Waals surface area contributed by atoms with Crippen molar-refractivity contribution in [1.82, 2.24) is 19.1 Å². The minimum Gasteiger partial charge on any atom is -0.494 e. The van der Waals surface area contributed by atoms with E-state index in [1.807, 2.05) is 55.5 Å². The highest BCUT2D eigenvalue weighted by Gasteiger charge is 2.31. The van der Waals surface area contributed by atoms with E-state index in [0.717, 1.165) is 74.1 Å². The van der Waals surface area contributed by atoms with Crippen LogP contribution in [0.2, 0.25) is 0 Å². The largest absolute Gasteiger partial charge is 0.494 e. The van der Waals surface area contributed by atoms with Gasteiger partial charge in [0.25, 0.3) is 16.7 Å². The van der Waals surface area contributed by atoms with Gasteiger partial charge in [0.2, 0.25) is 5.88 Å². The number of rotatable bonds is 14. The van der Waals surface area contributed by atoms with Crippen LogP contribution in [-0.2, 0) is 6.54 Å². The zero-order valence-corrected chi connectivity index (χ0v) is 29.9. The van der Waals surface area contributed by atoms with Crippen LogP contribution in [0.3, 0.4) is 0 Å². The van der Waals surface area contributed by atoms with Crippen LogP contribution in [0.5, 0.6) is 5.88 Å². The molecule has 1 atom stereocenters. The number of nitrogens with one attached hydrogen (secondary N) is 1. The van der Waals surface area contributed by atoms with Gasteiger partial charge in [-0.2, -0.15) is 0 Å². The number of unbranched alkanes of at least 4 members (excludes halogenated alkanes) is 9. The summed E-state index contributed by atoms with van der Waals surface area (Å²) in [5.74, 6) is -0.162. The molecule has 4 heterocycles. The Morgan fingerprint density at radius 2 is 1.25 bits per heavy atom. The zero-order chi connectivity index (χ0) is 35.4. The van der Waals surface area contributed by atoms with Gasteiger partial charge >= 0.3 is 0 Å². The Labute approximate surface area is 295 Å². The zero-order valence-electron chi connectivity index (χ0n) is 29.9. The van der Waals surface area contributed by atoms with Crippen LogP contribution in [0.4, 0.5) is 0 Å². The molecule has 8 rings (SSSR count). The van der Waals surface area contributed by atoms with Gasteiger partial charge in [0.15, 0.2) is 0 Å². The summed E-state index contributed by atoms with van der Waals surface area (Å²) >= 11 is 0. The van der Waals surface area contributed by atoms with Crippen molar-refractivity contribution in [1.29, 1.82) is 0 Å². The molecule has 0 aliphatic carbocycles. The van der Waals surface area contributed by atoms with Crippen LogP contribution in [-0.4, -0.2) is 24.2 Å². The Balaban J connectivity index is 1.53. The molecule has 0 saturated heterocycles. The minimum atomic E-state index is -0.366. The van der Waals surface area contributed by atoms with E-state index in [9.17, 15) is 14.7 Å². The lowest BCUT2D eigenvalue weighted by Gasteiger charge is -2.21. The Kier molecular flexibility index (Phi) is 8.65. The quantitative estimate of drug-likeness (QED) is 0.0876. The summed E-state index contributed by atoms with van der Waals surface area (Å²) in [4.78, 5) is 53.3. The van der Waals surface area contributed by atoms with Crippen LogP contribution in [0.25, 0.3) is 75.9 Å². The fourth-order valence-electron chi connectivity index (χ4n) is 8.74. The number of aromatic amines is 1. The molecule has 4 aromatic heterocycles. The molecule has 0 saturated carbocycles. The van der Waals surface area contributed by atoms with E-state index in [-0.39, 0.29) is 28.6 Å². The number of fused-ring (bicyclic) bond motifs is 10. The predicted molar refractivity (Wildman–Crippen MR) is 211 cm³/mol. The first-order chi connectivity index (χ1) is 24.9. The lowest BCUT2D eigenvalue weighted by molar-refractivity contribution is 0.406. The number of hydrogen-bond donors (Lipinski definition) is 2. The number of benzene rings is 4. The average molecular weight is 683 g/mol. The fraction of sp³-hybridized carbons (Fsp3) is 0.395. The molecule has 0 spiro atoms. The molecule has 262 valence electrons. The number of aromatic nitrogens is 4. The van der Waals surface area contributed by atoms with Crippen molar-refractivity contribution in [2.75, 3.05) is 0 Å². The van der Waals surface area contributed by atoms with Gasteiger partial charge < -0.3 is 10.1 Å². The standard InChI is InChI=1S/C43H46N4O4/c1-4-6-8-10-12-18-24-46-40(48)36-33-32-34(30-26-20-14-16-22-28(26)44-38(30)36)42(50)47(25(3)19-13-11-9-7-5-2)43(51)35(32)31-27-21-15-17-23-29(27)45-39(31)37(33)41(46)49/h14-17,20-23,25,44,49H,4-13,18-19,24H2,1-3H3/t25-/m1/s1. The highest BCUT2D eigenvalue weighted by atomic mass is 16.3. The maximum absolute atomic E-state index is 15.0. The predicted octanol–water partition coefficient (Wildman–Crippen LogP) is 10.0. The van der Waals surface area contributed by atoms with Gasteiger partial charge in [-0.15, -0.1) is 0 Å². The van der Waals surface area contributed by atoms with Gasteiger partial charge in [0.1, 0.15) is 0 Å². The highest BCUT2D eigenvalue weighted by molar-refractivity contribution is 6.44. The van der Waals surface area contributed by atoms with Crippen LogP contribution in [0.15, 0.2) is 62.9 Å². The molecule has 51 heavy (non-hydrogen) atoms. The minimum absolute atomic E-state index is 0.162. The Morgan fingerprint density at radius 3 is 2.00 bits per heavy atom. The van der Waals surface area contributed by atoms with Gasteiger partial charge in [-0.05, 0) is 31.9 Å². The van der Waals surface area contributed by atoms with E-state index in [1.54, 1.807) is 0 Å². The van der Waals surface area contributed by atoms with E-state index in [1.165, 1.54) is 22.0 Å². The van der Waals surface area contributed by atoms with Crippen molar-refractivity contribution in [3.05, 3.63) is 79.6 Å². The van der Waals surface area contributed by atoms with Gasteiger partial charge in [-0.25, -0.2) is 4.98 Å². The van der Waals surface area contributed by atoms with Crippen molar-refractivity contribution in [3.63, 3.8) is 0 Å². The van der Waals surface area contributed by atoms with Crippen molar-refractivity contribution in [2.45, 2.75) is 110 Å². The Hall–Kier alpha value is -4.98. The van der Waals surface area contributed by atoms with E-state index < -0.39 is 0 Å². The van der Waals surface area contributed by atoms with Crippen LogP contribution in [0, 0.1) is 0 Å². The second-order valence-corrected chi connectivity index (χ2v) is 14.6. The number of pyridine rings is 2. The summed E-state index contributed by atoms with van der Waals surface area (Å²) in [5, 5.41) is 17.5. The topological polar surface area (TPSA) is 110 Å². The van der Waals surface area contributed by atoms with Gasteiger partial charge in [-0.3, -0.25) is 23.5 Å². The van der Waals surface area contributed by atoms with E-state index in [4.69, 9.17) is 4.98 Å². The number of nitrogens with zero attached hydrogens (tertiary/aromatic N) is 3. The van der Waals surface area contributed by atoms with Crippen molar-refractivity contribution >= 4 is 75.9 Å². The van der Waals surface area contributed by atoms with Crippen LogP contribution < -0.4 is 16.7 Å². The molecule has 4 aromatic carbocycles. The van der Waals surface area contributed by atoms with Gasteiger partial charge in [0.05, 0.1) is 38.1 Å². The summed E-state index contributed by atoms with van der Waals surface area (Å²) in [7, 11) is 0. The third-order valence-electron chi connectivity index (χ3n) is 11.3. The molecule has 8 aromatic rings. The van der Waals surface area contributed by atoms with E-state index >= 15 is 4.79 Å². The Morgan fingerprint density at radius 1 is 0.647 bits per heavy atom. The summed E-state index contributed by atoms with van der Waals surface area (Å²) in [5.41, 5.74) is 1.48. The molecule has 0 aliphatic rings. The molecule has 0 unspecified atom stereocenters. The third kappa shape index (κ3) is 5.08. The SMILES string of the molecule is CCCCCCCCn1c(O)c2c3nc4ccccc4c3c3c(=O)n([C@H](C)CCCCCCC)c(=O)c4c5c6ccccc6[nH]c5c(c1=O)c2c34. The molecule has 0 bridgehead atoms. The summed E-state index contributed by atoms with van der Waals surface area (Å²) in [6.07, 6.45) is 12.4. The molecule has 0 fully saturated rings. The van der Waals surface area contributed by atoms with Crippen molar-refractivity contribution < 1.29 is 5.11 Å². The van der Waals surface area contributed by atoms with Crippen molar-refractivity contribution in [3.8, 4) is 5.88 Å². The molecule has 0 radical (unpaired) electrons. The maximum atomic E-state index is 15.0. The molecular weight excluding hydrogens is 636 g/mol. The van der Waals surface area contributed by atoms with Crippen LogP contribution in [0.1, 0.15) is 104 Å². The molecule has 0 amide bonds. The van der Waals surface area contributed by atoms with Crippen LogP contribution >= 0.6 is 0 Å². The second-order valence-electron chi connectivity index (χ2n) is 14.6. The lowest BCUT2D eigenvalue weighted by Crippen LogP contribution is -2.36. The first-order valence-corrected chi connectivity index (χ1v) is 19.1. The Bertz CT molecular complexity index is 2720. The molecule has 0 aliphatic heterocycles.